The Morgan fingerprint density at radius 3 is 2.70 bits per heavy atom. The largest absolute Gasteiger partial charge is 0.339 e. The molecular formula is C12H16ClN7. The van der Waals surface area contributed by atoms with Crippen molar-refractivity contribution in [1.82, 2.24) is 29.6 Å². The summed E-state index contributed by atoms with van der Waals surface area (Å²) in [4.78, 5) is 17.3. The van der Waals surface area contributed by atoms with Crippen molar-refractivity contribution in [2.75, 3.05) is 38.1 Å². The Morgan fingerprint density at radius 1 is 1.05 bits per heavy atom. The van der Waals surface area contributed by atoms with Gasteiger partial charge in [-0.25, -0.2) is 4.68 Å². The van der Waals surface area contributed by atoms with Crippen LogP contribution in [0.2, 0.25) is 5.28 Å². The first-order valence-electron chi connectivity index (χ1n) is 6.57. The van der Waals surface area contributed by atoms with Gasteiger partial charge in [-0.3, -0.25) is 0 Å². The average molecular weight is 294 g/mol. The number of rotatable bonds is 2. The molecule has 8 heteroatoms. The normalized spacial score (nSPS) is 17.2. The molecule has 0 radical (unpaired) electrons. The molecule has 7 nitrogen and oxygen atoms in total. The zero-order valence-corrected chi connectivity index (χ0v) is 12.0. The second-order valence-electron chi connectivity index (χ2n) is 4.80. The standard InChI is InChI=1S/C12H16ClN7/c1-18-5-3-6-19(9-8-18)11-15-10(13)16-12(17-11)20-7-2-4-14-20/h2,4,7H,3,5-6,8-9H2,1H3. The fourth-order valence-corrected chi connectivity index (χ4v) is 2.36. The summed E-state index contributed by atoms with van der Waals surface area (Å²) in [5.41, 5.74) is 0. The van der Waals surface area contributed by atoms with E-state index in [0.717, 1.165) is 32.6 Å². The lowest BCUT2D eigenvalue weighted by molar-refractivity contribution is 0.360. The summed E-state index contributed by atoms with van der Waals surface area (Å²) in [7, 11) is 2.12. The molecule has 1 aliphatic heterocycles. The van der Waals surface area contributed by atoms with Crippen LogP contribution in [0.4, 0.5) is 5.95 Å². The molecule has 0 bridgehead atoms. The first-order valence-corrected chi connectivity index (χ1v) is 6.95. The van der Waals surface area contributed by atoms with Crippen molar-refractivity contribution < 1.29 is 0 Å². The van der Waals surface area contributed by atoms with Gasteiger partial charge in [-0.05, 0) is 37.7 Å². The Morgan fingerprint density at radius 2 is 1.90 bits per heavy atom. The van der Waals surface area contributed by atoms with Crippen molar-refractivity contribution in [2.45, 2.75) is 6.42 Å². The van der Waals surface area contributed by atoms with Gasteiger partial charge in [-0.1, -0.05) is 0 Å². The molecule has 1 fully saturated rings. The Bertz CT molecular complexity index is 571. The third-order valence-corrected chi connectivity index (χ3v) is 3.47. The van der Waals surface area contributed by atoms with Crippen LogP contribution in [-0.2, 0) is 0 Å². The maximum absolute atomic E-state index is 6.02. The van der Waals surface area contributed by atoms with Gasteiger partial charge in [-0.15, -0.1) is 0 Å². The van der Waals surface area contributed by atoms with E-state index in [2.05, 4.69) is 36.9 Å². The summed E-state index contributed by atoms with van der Waals surface area (Å²) < 4.78 is 1.58. The second-order valence-corrected chi connectivity index (χ2v) is 5.14. The molecule has 1 aliphatic rings. The van der Waals surface area contributed by atoms with E-state index in [4.69, 9.17) is 11.6 Å². The fourth-order valence-electron chi connectivity index (χ4n) is 2.21. The molecule has 20 heavy (non-hydrogen) atoms. The minimum absolute atomic E-state index is 0.193. The minimum atomic E-state index is 0.193. The van der Waals surface area contributed by atoms with Gasteiger partial charge in [-0.2, -0.15) is 20.1 Å². The van der Waals surface area contributed by atoms with Crippen molar-refractivity contribution in [3.63, 3.8) is 0 Å². The predicted molar refractivity (Wildman–Crippen MR) is 76.3 cm³/mol. The van der Waals surface area contributed by atoms with Crippen LogP contribution in [-0.4, -0.2) is 62.9 Å². The highest BCUT2D eigenvalue weighted by Crippen LogP contribution is 2.15. The highest BCUT2D eigenvalue weighted by atomic mass is 35.5. The predicted octanol–water partition coefficient (Wildman–Crippen LogP) is 0.853. The van der Waals surface area contributed by atoms with E-state index in [9.17, 15) is 0 Å². The Balaban J connectivity index is 1.89. The molecule has 3 rings (SSSR count). The Labute approximate surface area is 122 Å². The van der Waals surface area contributed by atoms with Crippen LogP contribution < -0.4 is 4.90 Å². The Kier molecular flexibility index (Phi) is 3.79. The third kappa shape index (κ3) is 2.88. The lowest BCUT2D eigenvalue weighted by atomic mass is 10.4. The van der Waals surface area contributed by atoms with Gasteiger partial charge in [0.05, 0.1) is 0 Å². The molecule has 3 heterocycles. The highest BCUT2D eigenvalue weighted by Gasteiger charge is 2.17. The van der Waals surface area contributed by atoms with E-state index in [1.54, 1.807) is 17.1 Å². The van der Waals surface area contributed by atoms with E-state index in [1.165, 1.54) is 0 Å². The van der Waals surface area contributed by atoms with Gasteiger partial charge in [0.25, 0.3) is 5.95 Å². The number of hydrogen-bond acceptors (Lipinski definition) is 6. The zero-order valence-electron chi connectivity index (χ0n) is 11.3. The number of aromatic nitrogens is 5. The topological polar surface area (TPSA) is 63.0 Å². The molecule has 0 unspecified atom stereocenters. The molecule has 0 aliphatic carbocycles. The van der Waals surface area contributed by atoms with Gasteiger partial charge in [0, 0.05) is 32.0 Å². The van der Waals surface area contributed by atoms with Crippen LogP contribution in [0.5, 0.6) is 0 Å². The molecule has 0 N–H and O–H groups in total. The Hall–Kier alpha value is -1.73. The van der Waals surface area contributed by atoms with Crippen molar-refractivity contribution in [1.29, 1.82) is 0 Å². The maximum Gasteiger partial charge on any atom is 0.256 e. The number of hydrogen-bond donors (Lipinski definition) is 0. The summed E-state index contributed by atoms with van der Waals surface area (Å²) in [6.07, 6.45) is 4.54. The van der Waals surface area contributed by atoms with Crippen LogP contribution in [0.3, 0.4) is 0 Å². The molecule has 0 aromatic carbocycles. The van der Waals surface area contributed by atoms with Gasteiger partial charge in [0.15, 0.2) is 0 Å². The number of nitrogens with zero attached hydrogens (tertiary/aromatic N) is 7. The van der Waals surface area contributed by atoms with E-state index in [0.29, 0.717) is 11.9 Å². The summed E-state index contributed by atoms with van der Waals surface area (Å²) in [5.74, 6) is 1.06. The molecule has 1 saturated heterocycles. The summed E-state index contributed by atoms with van der Waals surface area (Å²) in [5, 5.41) is 4.32. The lowest BCUT2D eigenvalue weighted by Gasteiger charge is -2.20. The zero-order chi connectivity index (χ0) is 13.9. The highest BCUT2D eigenvalue weighted by molar-refractivity contribution is 6.28. The smallest absolute Gasteiger partial charge is 0.256 e. The summed E-state index contributed by atoms with van der Waals surface area (Å²) in [6, 6.07) is 1.82. The van der Waals surface area contributed by atoms with Crippen LogP contribution >= 0.6 is 11.6 Å². The van der Waals surface area contributed by atoms with Gasteiger partial charge in [0.1, 0.15) is 0 Å². The van der Waals surface area contributed by atoms with E-state index in [-0.39, 0.29) is 5.28 Å². The first kappa shape index (κ1) is 13.3. The van der Waals surface area contributed by atoms with Crippen LogP contribution in [0.25, 0.3) is 5.95 Å². The van der Waals surface area contributed by atoms with Crippen molar-refractivity contribution in [2.24, 2.45) is 0 Å². The van der Waals surface area contributed by atoms with Gasteiger partial charge >= 0.3 is 0 Å². The lowest BCUT2D eigenvalue weighted by Crippen LogP contribution is -2.30. The van der Waals surface area contributed by atoms with Crippen LogP contribution in [0.15, 0.2) is 18.5 Å². The molecule has 0 atom stereocenters. The fraction of sp³-hybridized carbons (Fsp3) is 0.500. The maximum atomic E-state index is 6.02. The van der Waals surface area contributed by atoms with Crippen LogP contribution in [0.1, 0.15) is 6.42 Å². The quantitative estimate of drug-likeness (QED) is 0.818. The molecular weight excluding hydrogens is 278 g/mol. The molecule has 0 amide bonds. The van der Waals surface area contributed by atoms with Crippen LogP contribution in [0, 0.1) is 0 Å². The van der Waals surface area contributed by atoms with E-state index >= 15 is 0 Å². The molecule has 106 valence electrons. The van der Waals surface area contributed by atoms with Gasteiger partial charge in [0.2, 0.25) is 11.2 Å². The van der Waals surface area contributed by atoms with Crippen molar-refractivity contribution in [3.8, 4) is 5.95 Å². The monoisotopic (exact) mass is 293 g/mol. The summed E-state index contributed by atoms with van der Waals surface area (Å²) in [6.45, 7) is 3.88. The molecule has 0 saturated carbocycles. The molecule has 2 aromatic rings. The average Bonchev–Trinajstić information content (AvgIpc) is 2.88. The van der Waals surface area contributed by atoms with Gasteiger partial charge < -0.3 is 9.80 Å². The SMILES string of the molecule is CN1CCCN(c2nc(Cl)nc(-n3cccn3)n2)CC1. The number of anilines is 1. The summed E-state index contributed by atoms with van der Waals surface area (Å²) >= 11 is 6.02. The van der Waals surface area contributed by atoms with Crippen molar-refractivity contribution >= 4 is 17.5 Å². The first-order chi connectivity index (χ1) is 9.72. The third-order valence-electron chi connectivity index (χ3n) is 3.30. The molecule has 0 spiro atoms. The molecule has 2 aromatic heterocycles. The number of likely N-dealkylation sites (N-methyl/N-ethyl adjacent to an activating group) is 1. The van der Waals surface area contributed by atoms with E-state index in [1.807, 2.05) is 6.07 Å². The number of halogens is 1. The van der Waals surface area contributed by atoms with E-state index < -0.39 is 0 Å². The van der Waals surface area contributed by atoms with Crippen molar-refractivity contribution in [3.05, 3.63) is 23.7 Å². The second kappa shape index (κ2) is 5.72. The minimum Gasteiger partial charge on any atom is -0.339 e.